The molecule has 5 nitrogen and oxygen atoms in total. The Morgan fingerprint density at radius 2 is 1.84 bits per heavy atom. The number of carboxylic acids is 1. The minimum atomic E-state index is -0.777. The van der Waals surface area contributed by atoms with Crippen molar-refractivity contribution in [3.63, 3.8) is 0 Å². The van der Waals surface area contributed by atoms with Gasteiger partial charge in [0.05, 0.1) is 12.0 Å². The smallest absolute Gasteiger partial charge is 0.306 e. The van der Waals surface area contributed by atoms with Crippen LogP contribution < -0.4 is 10.1 Å². The van der Waals surface area contributed by atoms with Crippen LogP contribution in [0.25, 0.3) is 0 Å². The van der Waals surface area contributed by atoms with Crippen molar-refractivity contribution >= 4 is 11.9 Å². The number of amides is 1. The lowest BCUT2D eigenvalue weighted by atomic mass is 9.81. The molecule has 136 valence electrons. The number of carboxylic acid groups (broad SMARTS) is 1. The lowest BCUT2D eigenvalue weighted by Crippen LogP contribution is -2.43. The van der Waals surface area contributed by atoms with Gasteiger partial charge in [0.1, 0.15) is 17.2 Å². The monoisotopic (exact) mass is 349 g/mol. The zero-order chi connectivity index (χ0) is 18.2. The zero-order valence-corrected chi connectivity index (χ0v) is 14.5. The number of hydrogen-bond acceptors (Lipinski definition) is 3. The molecule has 1 saturated carbocycles. The second-order valence-electron chi connectivity index (χ2n) is 7.70. The van der Waals surface area contributed by atoms with Gasteiger partial charge in [0.25, 0.3) is 0 Å². The number of aliphatic carboxylic acids is 1. The third-order valence-electron chi connectivity index (χ3n) is 5.20. The average Bonchev–Trinajstić information content (AvgIpc) is 2.53. The number of carbonyl (C=O) groups excluding carboxylic acids is 1. The largest absolute Gasteiger partial charge is 0.487 e. The van der Waals surface area contributed by atoms with Crippen LogP contribution in [0.1, 0.15) is 57.6 Å². The van der Waals surface area contributed by atoms with Crippen LogP contribution in [-0.2, 0) is 9.59 Å². The molecule has 0 aromatic heterocycles. The van der Waals surface area contributed by atoms with Gasteiger partial charge in [-0.2, -0.15) is 0 Å². The first-order valence-electron chi connectivity index (χ1n) is 8.77. The van der Waals surface area contributed by atoms with E-state index in [0.29, 0.717) is 37.9 Å². The number of halogens is 1. The van der Waals surface area contributed by atoms with Gasteiger partial charge >= 0.3 is 5.97 Å². The van der Waals surface area contributed by atoms with E-state index >= 15 is 0 Å². The van der Waals surface area contributed by atoms with E-state index < -0.39 is 11.6 Å². The molecular formula is C19H24FNO4. The number of rotatable bonds is 3. The Hall–Kier alpha value is -2.11. The predicted octanol–water partition coefficient (Wildman–Crippen LogP) is 3.44. The highest BCUT2D eigenvalue weighted by Gasteiger charge is 2.37. The molecule has 0 bridgehead atoms. The Labute approximate surface area is 146 Å². The molecule has 1 atom stereocenters. The Balaban J connectivity index is 1.70. The van der Waals surface area contributed by atoms with Gasteiger partial charge in [-0.25, -0.2) is 4.39 Å². The van der Waals surface area contributed by atoms with Gasteiger partial charge in [-0.15, -0.1) is 0 Å². The van der Waals surface area contributed by atoms with Crippen LogP contribution in [0.2, 0.25) is 0 Å². The number of carbonyl (C=O) groups is 2. The minimum absolute atomic E-state index is 0.0539. The van der Waals surface area contributed by atoms with Gasteiger partial charge < -0.3 is 15.2 Å². The summed E-state index contributed by atoms with van der Waals surface area (Å²) in [5, 5.41) is 12.1. The van der Waals surface area contributed by atoms with Crippen molar-refractivity contribution in [2.75, 3.05) is 0 Å². The summed E-state index contributed by atoms with van der Waals surface area (Å²) in [6.45, 7) is 3.83. The normalized spacial score (nSPS) is 27.7. The molecule has 0 spiro atoms. The maximum absolute atomic E-state index is 13.5. The highest BCUT2D eigenvalue weighted by Crippen LogP contribution is 2.40. The predicted molar refractivity (Wildman–Crippen MR) is 89.7 cm³/mol. The zero-order valence-electron chi connectivity index (χ0n) is 14.5. The number of nitrogens with one attached hydrogen (secondary N) is 1. The van der Waals surface area contributed by atoms with Gasteiger partial charge in [-0.05, 0) is 45.6 Å². The van der Waals surface area contributed by atoms with Crippen LogP contribution in [0.15, 0.2) is 18.2 Å². The Morgan fingerprint density at radius 1 is 1.20 bits per heavy atom. The SMILES string of the molecule is CC1(C)CC(NC(=O)C2CCC(C(=O)O)CC2)c2ccc(F)cc2O1. The second kappa shape index (κ2) is 6.65. The minimum Gasteiger partial charge on any atom is -0.487 e. The first kappa shape index (κ1) is 17.7. The Bertz CT molecular complexity index is 680. The van der Waals surface area contributed by atoms with Crippen LogP contribution in [0, 0.1) is 17.7 Å². The lowest BCUT2D eigenvalue weighted by Gasteiger charge is -2.38. The summed E-state index contributed by atoms with van der Waals surface area (Å²) >= 11 is 0. The Kier molecular flexibility index (Phi) is 4.71. The van der Waals surface area contributed by atoms with Gasteiger partial charge in [0.15, 0.2) is 0 Å². The fraction of sp³-hybridized carbons (Fsp3) is 0.579. The van der Waals surface area contributed by atoms with Gasteiger partial charge in [0, 0.05) is 24.0 Å². The summed E-state index contributed by atoms with van der Waals surface area (Å²) in [5.41, 5.74) is 0.285. The van der Waals surface area contributed by atoms with Crippen LogP contribution in [-0.4, -0.2) is 22.6 Å². The fourth-order valence-corrected chi connectivity index (χ4v) is 3.85. The summed E-state index contributed by atoms with van der Waals surface area (Å²) < 4.78 is 19.4. The highest BCUT2D eigenvalue weighted by molar-refractivity contribution is 5.80. The first-order chi connectivity index (χ1) is 11.7. The molecule has 2 aliphatic rings. The molecule has 1 aromatic carbocycles. The van der Waals surface area contributed by atoms with Crippen LogP contribution in [0.4, 0.5) is 4.39 Å². The van der Waals surface area contributed by atoms with Crippen molar-refractivity contribution in [2.45, 2.75) is 57.6 Å². The average molecular weight is 349 g/mol. The Morgan fingerprint density at radius 3 is 2.48 bits per heavy atom. The molecule has 1 aliphatic heterocycles. The molecule has 1 aromatic rings. The topological polar surface area (TPSA) is 75.6 Å². The first-order valence-corrected chi connectivity index (χ1v) is 8.77. The molecule has 1 amide bonds. The standard InChI is InChI=1S/C19H24FNO4/c1-19(2)10-15(14-8-7-13(20)9-16(14)25-19)21-17(22)11-3-5-12(6-4-11)18(23)24/h7-9,11-12,15H,3-6,10H2,1-2H3,(H,21,22)(H,23,24). The molecule has 1 unspecified atom stereocenters. The van der Waals surface area contributed by atoms with Gasteiger partial charge in [-0.3, -0.25) is 9.59 Å². The molecule has 1 aliphatic carbocycles. The number of ether oxygens (including phenoxy) is 1. The van der Waals surface area contributed by atoms with Crippen LogP contribution in [0.3, 0.4) is 0 Å². The lowest BCUT2D eigenvalue weighted by molar-refractivity contribution is -0.144. The molecule has 0 saturated heterocycles. The van der Waals surface area contributed by atoms with Crippen molar-refractivity contribution in [3.05, 3.63) is 29.6 Å². The number of fused-ring (bicyclic) bond motifs is 1. The summed E-state index contributed by atoms with van der Waals surface area (Å²) in [4.78, 5) is 23.7. The van der Waals surface area contributed by atoms with E-state index in [1.807, 2.05) is 13.8 Å². The third kappa shape index (κ3) is 3.94. The van der Waals surface area contributed by atoms with Crippen molar-refractivity contribution in [1.82, 2.24) is 5.32 Å². The molecule has 25 heavy (non-hydrogen) atoms. The molecule has 6 heteroatoms. The van der Waals surface area contributed by atoms with E-state index in [9.17, 15) is 14.0 Å². The van der Waals surface area contributed by atoms with Crippen LogP contribution >= 0.6 is 0 Å². The van der Waals surface area contributed by atoms with E-state index in [4.69, 9.17) is 9.84 Å². The van der Waals surface area contributed by atoms with Crippen molar-refractivity contribution in [1.29, 1.82) is 0 Å². The van der Waals surface area contributed by atoms with E-state index in [1.54, 1.807) is 6.07 Å². The van der Waals surface area contributed by atoms with Crippen molar-refractivity contribution < 1.29 is 23.8 Å². The molecule has 1 heterocycles. The van der Waals surface area contributed by atoms with Gasteiger partial charge in [-0.1, -0.05) is 6.07 Å². The van der Waals surface area contributed by atoms with E-state index in [-0.39, 0.29) is 29.6 Å². The number of benzene rings is 1. The van der Waals surface area contributed by atoms with Crippen molar-refractivity contribution in [3.8, 4) is 5.75 Å². The number of hydrogen-bond donors (Lipinski definition) is 2. The molecule has 2 N–H and O–H groups in total. The van der Waals surface area contributed by atoms with E-state index in [1.165, 1.54) is 12.1 Å². The van der Waals surface area contributed by atoms with Crippen molar-refractivity contribution in [2.24, 2.45) is 11.8 Å². The van der Waals surface area contributed by atoms with E-state index in [0.717, 1.165) is 5.56 Å². The molecular weight excluding hydrogens is 325 g/mol. The van der Waals surface area contributed by atoms with E-state index in [2.05, 4.69) is 5.32 Å². The summed E-state index contributed by atoms with van der Waals surface area (Å²) in [6, 6.07) is 4.15. The summed E-state index contributed by atoms with van der Waals surface area (Å²) in [6.07, 6.45) is 2.85. The summed E-state index contributed by atoms with van der Waals surface area (Å²) in [7, 11) is 0. The maximum atomic E-state index is 13.5. The molecule has 1 fully saturated rings. The molecule has 0 radical (unpaired) electrons. The van der Waals surface area contributed by atoms with Gasteiger partial charge in [0.2, 0.25) is 5.91 Å². The maximum Gasteiger partial charge on any atom is 0.306 e. The molecule has 3 rings (SSSR count). The third-order valence-corrected chi connectivity index (χ3v) is 5.20. The fourth-order valence-electron chi connectivity index (χ4n) is 3.85. The van der Waals surface area contributed by atoms with Crippen LogP contribution in [0.5, 0.6) is 5.75 Å². The quantitative estimate of drug-likeness (QED) is 0.876. The highest BCUT2D eigenvalue weighted by atomic mass is 19.1. The summed E-state index contributed by atoms with van der Waals surface area (Å²) in [5.74, 6) is -1.23. The second-order valence-corrected chi connectivity index (χ2v) is 7.70.